The molecule has 1 heterocycles. The minimum atomic E-state index is -0.358. The number of rotatable bonds is 4. The minimum Gasteiger partial charge on any atom is -0.497 e. The van der Waals surface area contributed by atoms with Crippen molar-refractivity contribution in [3.63, 3.8) is 0 Å². The first kappa shape index (κ1) is 12.2. The number of aromatic amines is 1. The van der Waals surface area contributed by atoms with Gasteiger partial charge in [0, 0.05) is 17.0 Å². The fourth-order valence-corrected chi connectivity index (χ4v) is 1.64. The zero-order chi connectivity index (χ0) is 13.0. The number of ether oxygens (including phenoxy) is 2. The second-order valence-electron chi connectivity index (χ2n) is 3.80. The van der Waals surface area contributed by atoms with Crippen molar-refractivity contribution in [1.82, 2.24) is 4.98 Å². The molecule has 0 bridgehead atoms. The Bertz CT molecular complexity index is 584. The van der Waals surface area contributed by atoms with E-state index in [9.17, 15) is 4.79 Å². The number of esters is 1. The number of aromatic nitrogens is 1. The molecule has 0 radical (unpaired) electrons. The highest BCUT2D eigenvalue weighted by Crippen LogP contribution is 2.21. The summed E-state index contributed by atoms with van der Waals surface area (Å²) in [5, 5.41) is 0.953. The lowest BCUT2D eigenvalue weighted by Gasteiger charge is -1.98. The summed E-state index contributed by atoms with van der Waals surface area (Å²) >= 11 is 0. The summed E-state index contributed by atoms with van der Waals surface area (Å²) in [5.74, 6) is 0.390. The van der Waals surface area contributed by atoms with Crippen LogP contribution < -0.4 is 4.74 Å². The maximum atomic E-state index is 11.7. The van der Waals surface area contributed by atoms with Gasteiger partial charge in [0.1, 0.15) is 18.1 Å². The van der Waals surface area contributed by atoms with Crippen LogP contribution >= 0.6 is 0 Å². The molecular weight excluding hydrogens is 230 g/mol. The van der Waals surface area contributed by atoms with Gasteiger partial charge in [0.05, 0.1) is 7.11 Å². The Labute approximate surface area is 105 Å². The summed E-state index contributed by atoms with van der Waals surface area (Å²) in [6.07, 6.45) is 3.62. The number of carbonyl (C=O) groups excluding carboxylic acids is 1. The summed E-state index contributed by atoms with van der Waals surface area (Å²) < 4.78 is 10.2. The monoisotopic (exact) mass is 245 g/mol. The average molecular weight is 245 g/mol. The predicted molar refractivity (Wildman–Crippen MR) is 69.9 cm³/mol. The number of nitrogens with one attached hydrogen (secondary N) is 1. The van der Waals surface area contributed by atoms with Gasteiger partial charge in [-0.05, 0) is 25.1 Å². The molecule has 0 spiro atoms. The van der Waals surface area contributed by atoms with E-state index in [-0.39, 0.29) is 12.6 Å². The van der Waals surface area contributed by atoms with Crippen LogP contribution in [0.1, 0.15) is 17.4 Å². The highest BCUT2D eigenvalue weighted by Gasteiger charge is 2.10. The summed E-state index contributed by atoms with van der Waals surface area (Å²) in [4.78, 5) is 14.7. The largest absolute Gasteiger partial charge is 0.497 e. The first-order valence-corrected chi connectivity index (χ1v) is 5.69. The first-order chi connectivity index (χ1) is 8.74. The van der Waals surface area contributed by atoms with E-state index in [1.54, 1.807) is 19.3 Å². The van der Waals surface area contributed by atoms with Crippen molar-refractivity contribution in [3.05, 3.63) is 42.1 Å². The fraction of sp³-hybridized carbons (Fsp3) is 0.214. The lowest BCUT2D eigenvalue weighted by atomic mass is 10.2. The number of hydrogen-bond donors (Lipinski definition) is 1. The molecule has 1 aromatic heterocycles. The molecule has 0 aliphatic rings. The van der Waals surface area contributed by atoms with E-state index in [1.165, 1.54) is 0 Å². The number of methoxy groups -OCH3 is 1. The highest BCUT2D eigenvalue weighted by molar-refractivity contribution is 5.95. The zero-order valence-corrected chi connectivity index (χ0v) is 10.4. The van der Waals surface area contributed by atoms with Crippen LogP contribution in [0.2, 0.25) is 0 Å². The topological polar surface area (TPSA) is 51.3 Å². The summed E-state index contributed by atoms with van der Waals surface area (Å²) in [7, 11) is 1.61. The van der Waals surface area contributed by atoms with Gasteiger partial charge in [-0.15, -0.1) is 0 Å². The van der Waals surface area contributed by atoms with E-state index in [0.717, 1.165) is 16.7 Å². The van der Waals surface area contributed by atoms with Gasteiger partial charge in [0.2, 0.25) is 0 Å². The number of carbonyl (C=O) groups is 1. The van der Waals surface area contributed by atoms with Crippen molar-refractivity contribution < 1.29 is 14.3 Å². The van der Waals surface area contributed by atoms with Crippen molar-refractivity contribution in [1.29, 1.82) is 0 Å². The molecule has 2 aromatic rings. The van der Waals surface area contributed by atoms with Gasteiger partial charge in [-0.1, -0.05) is 12.2 Å². The van der Waals surface area contributed by atoms with Gasteiger partial charge in [-0.25, -0.2) is 4.79 Å². The van der Waals surface area contributed by atoms with Gasteiger partial charge in [-0.2, -0.15) is 0 Å². The van der Waals surface area contributed by atoms with Crippen LogP contribution in [0.15, 0.2) is 36.4 Å². The lowest BCUT2D eigenvalue weighted by Crippen LogP contribution is -2.05. The first-order valence-electron chi connectivity index (χ1n) is 5.69. The van der Waals surface area contributed by atoms with Crippen LogP contribution in [-0.2, 0) is 4.74 Å². The Morgan fingerprint density at radius 2 is 2.22 bits per heavy atom. The predicted octanol–water partition coefficient (Wildman–Crippen LogP) is 2.91. The Hall–Kier alpha value is -2.23. The minimum absolute atomic E-state index is 0.286. The molecule has 0 fully saturated rings. The Morgan fingerprint density at radius 1 is 1.39 bits per heavy atom. The summed E-state index contributed by atoms with van der Waals surface area (Å²) in [6, 6.07) is 7.36. The summed E-state index contributed by atoms with van der Waals surface area (Å²) in [6.45, 7) is 2.16. The van der Waals surface area contributed by atoms with E-state index in [2.05, 4.69) is 4.98 Å². The average Bonchev–Trinajstić information content (AvgIpc) is 2.81. The van der Waals surface area contributed by atoms with Crippen molar-refractivity contribution in [2.45, 2.75) is 6.92 Å². The van der Waals surface area contributed by atoms with Crippen molar-refractivity contribution in [2.24, 2.45) is 0 Å². The lowest BCUT2D eigenvalue weighted by molar-refractivity contribution is 0.0543. The van der Waals surface area contributed by atoms with Crippen molar-refractivity contribution >= 4 is 16.9 Å². The van der Waals surface area contributed by atoms with Gasteiger partial charge in [0.25, 0.3) is 0 Å². The molecule has 4 heteroatoms. The second-order valence-corrected chi connectivity index (χ2v) is 3.80. The molecule has 18 heavy (non-hydrogen) atoms. The van der Waals surface area contributed by atoms with Crippen LogP contribution in [0.25, 0.3) is 10.9 Å². The molecule has 1 N–H and O–H groups in total. The van der Waals surface area contributed by atoms with Crippen LogP contribution in [0.3, 0.4) is 0 Å². The molecule has 0 saturated heterocycles. The van der Waals surface area contributed by atoms with Crippen molar-refractivity contribution in [2.75, 3.05) is 13.7 Å². The van der Waals surface area contributed by atoms with E-state index >= 15 is 0 Å². The maximum absolute atomic E-state index is 11.7. The van der Waals surface area contributed by atoms with Crippen LogP contribution in [0.5, 0.6) is 5.75 Å². The number of allylic oxidation sites excluding steroid dienone is 1. The molecule has 2 rings (SSSR count). The molecule has 0 aliphatic carbocycles. The van der Waals surface area contributed by atoms with E-state index in [4.69, 9.17) is 9.47 Å². The van der Waals surface area contributed by atoms with Crippen molar-refractivity contribution in [3.8, 4) is 5.75 Å². The van der Waals surface area contributed by atoms with Gasteiger partial charge >= 0.3 is 5.97 Å². The Balaban J connectivity index is 2.21. The Morgan fingerprint density at radius 3 is 2.94 bits per heavy atom. The standard InChI is InChI=1S/C14H15NO3/c1-3-4-7-18-14(16)13-8-10-5-6-11(17-2)9-12(10)15-13/h3-6,8-9,15H,7H2,1-2H3/b4-3+. The molecular formula is C14H15NO3. The molecule has 94 valence electrons. The molecule has 0 aliphatic heterocycles. The normalized spacial score (nSPS) is 11.0. The summed E-state index contributed by atoms with van der Waals surface area (Å²) in [5.41, 5.74) is 1.30. The smallest absolute Gasteiger partial charge is 0.355 e. The zero-order valence-electron chi connectivity index (χ0n) is 10.4. The third-order valence-electron chi connectivity index (χ3n) is 2.60. The van der Waals surface area contributed by atoms with Gasteiger partial charge in [0.15, 0.2) is 0 Å². The molecule has 4 nitrogen and oxygen atoms in total. The highest BCUT2D eigenvalue weighted by atomic mass is 16.5. The molecule has 0 atom stereocenters. The molecule has 0 unspecified atom stereocenters. The Kier molecular flexibility index (Phi) is 3.67. The number of hydrogen-bond acceptors (Lipinski definition) is 3. The van der Waals surface area contributed by atoms with Gasteiger partial charge < -0.3 is 14.5 Å². The third-order valence-corrected chi connectivity index (χ3v) is 2.60. The maximum Gasteiger partial charge on any atom is 0.355 e. The number of benzene rings is 1. The quantitative estimate of drug-likeness (QED) is 0.665. The number of H-pyrrole nitrogens is 1. The van der Waals surface area contributed by atoms with Crippen LogP contribution in [0.4, 0.5) is 0 Å². The van der Waals surface area contributed by atoms with Gasteiger partial charge in [-0.3, -0.25) is 0 Å². The van der Waals surface area contributed by atoms with Crippen LogP contribution in [0, 0.1) is 0 Å². The third kappa shape index (κ3) is 2.53. The molecule has 0 amide bonds. The van der Waals surface area contributed by atoms with E-state index in [0.29, 0.717) is 5.69 Å². The van der Waals surface area contributed by atoms with E-state index in [1.807, 2.05) is 31.2 Å². The van der Waals surface area contributed by atoms with E-state index < -0.39 is 0 Å². The molecule has 0 saturated carbocycles. The number of fused-ring (bicyclic) bond motifs is 1. The SMILES string of the molecule is C/C=C/COC(=O)c1cc2ccc(OC)cc2[nH]1. The second kappa shape index (κ2) is 5.40. The fourth-order valence-electron chi connectivity index (χ4n) is 1.64. The van der Waals surface area contributed by atoms with Crippen LogP contribution in [-0.4, -0.2) is 24.7 Å². The molecule has 1 aromatic carbocycles.